The fraction of sp³-hybridized carbons (Fsp3) is 0.500. The lowest BCUT2D eigenvalue weighted by Gasteiger charge is -2.31. The monoisotopic (exact) mass is 444 g/mol. The van der Waals surface area contributed by atoms with Crippen LogP contribution in [0.2, 0.25) is 0 Å². The van der Waals surface area contributed by atoms with Gasteiger partial charge < -0.3 is 29.4 Å². The van der Waals surface area contributed by atoms with Gasteiger partial charge in [-0.25, -0.2) is 0 Å². The van der Waals surface area contributed by atoms with Crippen molar-refractivity contribution in [2.45, 2.75) is 0 Å². The number of hydrogen-bond acceptors (Lipinski definition) is 6. The molecule has 172 valence electrons. The first-order valence-corrected chi connectivity index (χ1v) is 11.5. The lowest BCUT2D eigenvalue weighted by molar-refractivity contribution is 1.08. The molecule has 0 unspecified atom stereocenters. The van der Waals surface area contributed by atoms with Gasteiger partial charge in [-0.3, -0.25) is 0 Å². The zero-order valence-electron chi connectivity index (χ0n) is 21.5. The third-order valence-electron chi connectivity index (χ3n) is 5.37. The first-order valence-electron chi connectivity index (χ1n) is 10.5. The zero-order chi connectivity index (χ0) is 23.6. The molecule has 0 aliphatic rings. The minimum absolute atomic E-state index is 0.519. The van der Waals surface area contributed by atoms with Gasteiger partial charge in [0.1, 0.15) is 0 Å². The summed E-state index contributed by atoms with van der Waals surface area (Å²) in [6, 6.07) is 9.20. The third-order valence-corrected chi connectivity index (χ3v) is 6.90. The highest BCUT2D eigenvalue weighted by atomic mass is 31.1. The molecule has 0 aliphatic carbocycles. The Kier molecular flexibility index (Phi) is 7.93. The molecule has 0 amide bonds. The summed E-state index contributed by atoms with van der Waals surface area (Å²) in [6.07, 6.45) is 0. The van der Waals surface area contributed by atoms with E-state index in [-0.39, 0.29) is 0 Å². The molecule has 2 aromatic rings. The van der Waals surface area contributed by atoms with E-state index in [1.54, 1.807) is 0 Å². The van der Waals surface area contributed by atoms with E-state index in [0.29, 0.717) is 8.58 Å². The maximum absolute atomic E-state index is 2.30. The molecule has 0 radical (unpaired) electrons. The van der Waals surface area contributed by atoms with E-state index in [2.05, 4.69) is 138 Å². The number of hydrogen-bond donors (Lipinski definition) is 0. The van der Waals surface area contributed by atoms with Gasteiger partial charge in [-0.1, -0.05) is 8.58 Å². The highest BCUT2D eigenvalue weighted by molar-refractivity contribution is 7.57. The van der Waals surface area contributed by atoms with Crippen molar-refractivity contribution >= 4 is 53.3 Å². The second-order valence-corrected chi connectivity index (χ2v) is 10.5. The summed E-state index contributed by atoms with van der Waals surface area (Å²) in [5.41, 5.74) is 7.48. The maximum Gasteiger partial charge on any atom is 0.0481 e. The van der Waals surface area contributed by atoms with E-state index in [9.17, 15) is 0 Å². The molecule has 0 saturated heterocycles. The van der Waals surface area contributed by atoms with Gasteiger partial charge in [-0.05, 0) is 24.3 Å². The van der Waals surface area contributed by atoms with Crippen molar-refractivity contribution in [1.82, 2.24) is 0 Å². The van der Waals surface area contributed by atoms with Crippen LogP contribution < -0.4 is 40.0 Å². The lowest BCUT2D eigenvalue weighted by atomic mass is 10.2. The van der Waals surface area contributed by atoms with E-state index in [0.717, 1.165) is 0 Å². The molecule has 31 heavy (non-hydrogen) atoms. The Morgan fingerprint density at radius 3 is 0.774 bits per heavy atom. The smallest absolute Gasteiger partial charge is 0.0481 e. The first kappa shape index (κ1) is 24.9. The minimum atomic E-state index is 0.519. The van der Waals surface area contributed by atoms with E-state index in [1.807, 2.05) is 0 Å². The Bertz CT molecular complexity index is 771. The van der Waals surface area contributed by atoms with E-state index < -0.39 is 0 Å². The summed E-state index contributed by atoms with van der Waals surface area (Å²) < 4.78 is 0. The molecule has 0 bridgehead atoms. The summed E-state index contributed by atoms with van der Waals surface area (Å²) in [6.45, 7) is 0. The Labute approximate surface area is 191 Å². The van der Waals surface area contributed by atoms with Crippen LogP contribution in [0.4, 0.5) is 34.1 Å². The average molecular weight is 445 g/mol. The molecule has 2 rings (SSSR count). The van der Waals surface area contributed by atoms with Gasteiger partial charge in [0.05, 0.1) is 0 Å². The summed E-state index contributed by atoms with van der Waals surface area (Å²) >= 11 is 0. The van der Waals surface area contributed by atoms with Crippen LogP contribution in [0.3, 0.4) is 0 Å². The molecule has 6 nitrogen and oxygen atoms in total. The van der Waals surface area contributed by atoms with Gasteiger partial charge in [0, 0.05) is 129 Å². The molecule has 2 aromatic carbocycles. The van der Waals surface area contributed by atoms with Crippen molar-refractivity contribution in [3.63, 3.8) is 0 Å². The predicted octanol–water partition coefficient (Wildman–Crippen LogP) is 2.71. The number of rotatable bonds is 8. The first-order chi connectivity index (χ1) is 14.3. The van der Waals surface area contributed by atoms with Crippen LogP contribution in [0.5, 0.6) is 0 Å². The van der Waals surface area contributed by atoms with Crippen molar-refractivity contribution in [1.29, 1.82) is 0 Å². The van der Waals surface area contributed by atoms with Gasteiger partial charge in [0.2, 0.25) is 0 Å². The summed E-state index contributed by atoms with van der Waals surface area (Å²) in [5, 5.41) is 2.73. The molecule has 0 aliphatic heterocycles. The molecule has 0 aromatic heterocycles. The quantitative estimate of drug-likeness (QED) is 0.579. The van der Waals surface area contributed by atoms with Crippen molar-refractivity contribution in [2.24, 2.45) is 0 Å². The maximum atomic E-state index is 2.30. The normalized spacial score (nSPS) is 10.7. The van der Waals surface area contributed by atoms with Crippen molar-refractivity contribution in [3.8, 4) is 0 Å². The molecule has 7 heteroatoms. The summed E-state index contributed by atoms with van der Waals surface area (Å²) in [5.74, 6) is 0. The second-order valence-electron chi connectivity index (χ2n) is 9.21. The zero-order valence-corrected chi connectivity index (χ0v) is 22.5. The van der Waals surface area contributed by atoms with Crippen molar-refractivity contribution in [2.75, 3.05) is 114 Å². The molecule has 0 saturated carbocycles. The molecular weight excluding hydrogens is 403 g/mol. The Morgan fingerprint density at radius 1 is 0.387 bits per heavy atom. The molecular formula is C24H41N6P. The molecule has 0 fully saturated rings. The number of nitrogens with zero attached hydrogens (tertiary/aromatic N) is 6. The van der Waals surface area contributed by atoms with Crippen LogP contribution >= 0.6 is 8.58 Å². The van der Waals surface area contributed by atoms with Gasteiger partial charge in [-0.2, -0.15) is 0 Å². The summed E-state index contributed by atoms with van der Waals surface area (Å²) in [4.78, 5) is 13.3. The van der Waals surface area contributed by atoms with Crippen LogP contribution in [0.1, 0.15) is 0 Å². The average Bonchev–Trinajstić information content (AvgIpc) is 2.66. The van der Waals surface area contributed by atoms with Gasteiger partial charge in [-0.15, -0.1) is 0 Å². The Hall–Kier alpha value is -2.33. The number of benzene rings is 2. The van der Waals surface area contributed by atoms with Crippen LogP contribution in [0.15, 0.2) is 24.3 Å². The van der Waals surface area contributed by atoms with Gasteiger partial charge >= 0.3 is 0 Å². The fourth-order valence-corrected chi connectivity index (χ4v) is 5.45. The third kappa shape index (κ3) is 5.48. The molecule has 0 spiro atoms. The molecule has 0 atom stereocenters. The van der Waals surface area contributed by atoms with Crippen molar-refractivity contribution in [3.05, 3.63) is 24.3 Å². The molecule has 0 N–H and O–H groups in total. The lowest BCUT2D eigenvalue weighted by Crippen LogP contribution is -2.29. The van der Waals surface area contributed by atoms with Gasteiger partial charge in [0.25, 0.3) is 0 Å². The SMILES string of the molecule is CN(C)c1cc(N(C)C)c(Pc2c(N(C)C)cc(N(C)C)cc2N(C)C)c(N(C)C)c1. The topological polar surface area (TPSA) is 19.4 Å². The van der Waals surface area contributed by atoms with Crippen LogP contribution in [-0.4, -0.2) is 84.6 Å². The fourth-order valence-electron chi connectivity index (χ4n) is 3.50. The van der Waals surface area contributed by atoms with Crippen LogP contribution in [0.25, 0.3) is 0 Å². The molecule has 0 heterocycles. The van der Waals surface area contributed by atoms with Crippen molar-refractivity contribution < 1.29 is 0 Å². The summed E-state index contributed by atoms with van der Waals surface area (Å²) in [7, 11) is 26.0. The second kappa shape index (κ2) is 9.86. The Morgan fingerprint density at radius 2 is 0.613 bits per heavy atom. The van der Waals surface area contributed by atoms with Crippen LogP contribution in [-0.2, 0) is 0 Å². The minimum Gasteiger partial charge on any atom is -0.378 e. The standard InChI is InChI=1S/C24H41N6P/c1-25(2)17-13-19(27(5)6)23(20(14-17)28(7)8)31-24-21(29(9)10)15-18(26(3)4)16-22(24)30(11)12/h13-16,31H,1-12H3. The highest BCUT2D eigenvalue weighted by Gasteiger charge is 2.21. The highest BCUT2D eigenvalue weighted by Crippen LogP contribution is 2.37. The van der Waals surface area contributed by atoms with E-state index in [1.165, 1.54) is 44.7 Å². The van der Waals surface area contributed by atoms with E-state index >= 15 is 0 Å². The van der Waals surface area contributed by atoms with Gasteiger partial charge in [0.15, 0.2) is 0 Å². The predicted molar refractivity (Wildman–Crippen MR) is 146 cm³/mol. The number of anilines is 6. The van der Waals surface area contributed by atoms with E-state index in [4.69, 9.17) is 0 Å². The largest absolute Gasteiger partial charge is 0.378 e. The van der Waals surface area contributed by atoms with Crippen LogP contribution in [0, 0.1) is 0 Å². The Balaban J connectivity index is 2.83.